The van der Waals surface area contributed by atoms with Gasteiger partial charge in [-0.2, -0.15) is 11.8 Å². The van der Waals surface area contributed by atoms with E-state index in [0.717, 1.165) is 18.6 Å². The van der Waals surface area contributed by atoms with Crippen molar-refractivity contribution in [2.75, 3.05) is 16.8 Å². The molecule has 0 aliphatic carbocycles. The molecular formula is C13H15F2NO3S. The van der Waals surface area contributed by atoms with E-state index < -0.39 is 6.29 Å². The van der Waals surface area contributed by atoms with Crippen molar-refractivity contribution in [1.29, 1.82) is 0 Å². The fourth-order valence-corrected chi connectivity index (χ4v) is 2.53. The molecule has 0 radical (unpaired) electrons. The molecule has 0 aromatic heterocycles. The molecule has 1 aliphatic heterocycles. The lowest BCUT2D eigenvalue weighted by Crippen LogP contribution is -2.25. The number of halogens is 2. The van der Waals surface area contributed by atoms with Crippen LogP contribution in [-0.2, 0) is 4.79 Å². The number of hydrogen-bond acceptors (Lipinski definition) is 4. The second-order valence-electron chi connectivity index (χ2n) is 4.28. The first-order chi connectivity index (χ1) is 9.50. The van der Waals surface area contributed by atoms with Crippen molar-refractivity contribution in [3.63, 3.8) is 0 Å². The number of carbonyl (C=O) groups is 1. The van der Waals surface area contributed by atoms with E-state index in [1.165, 1.54) is 18.2 Å². The Morgan fingerprint density at radius 3 is 2.85 bits per heavy atom. The third-order valence-corrected chi connectivity index (χ3v) is 3.60. The minimum Gasteiger partial charge on any atom is -0.395 e. The molecule has 0 unspecified atom stereocenters. The number of unbranched alkanes of at least 4 members (excludes halogenated alkanes) is 1. The zero-order chi connectivity index (χ0) is 14.6. The van der Waals surface area contributed by atoms with Crippen LogP contribution in [0.15, 0.2) is 18.2 Å². The van der Waals surface area contributed by atoms with E-state index in [1.54, 1.807) is 11.8 Å². The highest BCUT2D eigenvalue weighted by Crippen LogP contribution is 2.42. The average molecular weight is 303 g/mol. The van der Waals surface area contributed by atoms with E-state index in [-0.39, 0.29) is 17.4 Å². The van der Waals surface area contributed by atoms with Crippen LogP contribution in [0.25, 0.3) is 0 Å². The Morgan fingerprint density at radius 2 is 2.10 bits per heavy atom. The molecule has 20 heavy (non-hydrogen) atoms. The molecule has 0 saturated carbocycles. The number of benzene rings is 1. The van der Waals surface area contributed by atoms with Crippen LogP contribution in [0.5, 0.6) is 11.5 Å². The van der Waals surface area contributed by atoms with E-state index in [0.29, 0.717) is 11.4 Å². The first-order valence-electron chi connectivity index (χ1n) is 6.27. The lowest BCUT2D eigenvalue weighted by molar-refractivity contribution is -0.286. The summed E-state index contributed by atoms with van der Waals surface area (Å²) in [6.45, 7) is 2.09. The number of carbonyl (C=O) groups excluding carboxylic acids is 1. The Morgan fingerprint density at radius 1 is 1.35 bits per heavy atom. The molecule has 4 nitrogen and oxygen atoms in total. The van der Waals surface area contributed by atoms with Crippen LogP contribution >= 0.6 is 11.8 Å². The number of anilines is 1. The molecule has 110 valence electrons. The number of amides is 1. The predicted molar refractivity (Wildman–Crippen MR) is 73.5 cm³/mol. The molecule has 0 saturated heterocycles. The number of hydrogen-bond donors (Lipinski definition) is 1. The summed E-state index contributed by atoms with van der Waals surface area (Å²) in [5, 5.41) is 2.64. The summed E-state index contributed by atoms with van der Waals surface area (Å²) in [7, 11) is 0. The van der Waals surface area contributed by atoms with E-state index in [2.05, 4.69) is 21.7 Å². The number of thioether (sulfide) groups is 1. The van der Waals surface area contributed by atoms with Gasteiger partial charge in [0, 0.05) is 11.8 Å². The molecule has 1 aromatic rings. The van der Waals surface area contributed by atoms with Gasteiger partial charge in [0.15, 0.2) is 11.5 Å². The van der Waals surface area contributed by atoms with Crippen molar-refractivity contribution >= 4 is 23.4 Å². The highest BCUT2D eigenvalue weighted by atomic mass is 32.2. The minimum absolute atomic E-state index is 0.0367. The quantitative estimate of drug-likeness (QED) is 0.817. The Balaban J connectivity index is 1.87. The van der Waals surface area contributed by atoms with Crippen molar-refractivity contribution in [1.82, 2.24) is 0 Å². The van der Waals surface area contributed by atoms with E-state index >= 15 is 0 Å². The van der Waals surface area contributed by atoms with Gasteiger partial charge in [0.05, 0.1) is 5.75 Å². The molecule has 1 heterocycles. The van der Waals surface area contributed by atoms with Gasteiger partial charge in [-0.3, -0.25) is 4.79 Å². The standard InChI is InChI=1S/C13H15F2NO3S/c1-2-3-6-20-8-12(17)16-9-4-5-10-11(7-9)19-13(14,15)18-10/h4-5,7H,2-3,6,8H2,1H3,(H,16,17). The largest absolute Gasteiger partial charge is 0.586 e. The normalized spacial score (nSPS) is 15.2. The topological polar surface area (TPSA) is 47.6 Å². The summed E-state index contributed by atoms with van der Waals surface area (Å²) in [5.41, 5.74) is 0.408. The molecule has 0 spiro atoms. The monoisotopic (exact) mass is 303 g/mol. The lowest BCUT2D eigenvalue weighted by atomic mass is 10.3. The molecule has 0 atom stereocenters. The zero-order valence-corrected chi connectivity index (χ0v) is 11.8. The first-order valence-corrected chi connectivity index (χ1v) is 7.43. The van der Waals surface area contributed by atoms with Crippen molar-refractivity contribution < 1.29 is 23.0 Å². The summed E-state index contributed by atoms with van der Waals surface area (Å²) < 4.78 is 34.3. The molecule has 1 aromatic carbocycles. The maximum absolute atomic E-state index is 12.8. The van der Waals surface area contributed by atoms with Gasteiger partial charge in [-0.05, 0) is 24.3 Å². The van der Waals surface area contributed by atoms with Crippen molar-refractivity contribution in [3.05, 3.63) is 18.2 Å². The molecule has 7 heteroatoms. The Kier molecular flexibility index (Phi) is 4.69. The molecule has 2 rings (SSSR count). The summed E-state index contributed by atoms with van der Waals surface area (Å²) >= 11 is 1.54. The van der Waals surface area contributed by atoms with Gasteiger partial charge in [0.1, 0.15) is 0 Å². The van der Waals surface area contributed by atoms with Crippen LogP contribution in [0.2, 0.25) is 0 Å². The lowest BCUT2D eigenvalue weighted by Gasteiger charge is -2.06. The van der Waals surface area contributed by atoms with Gasteiger partial charge in [-0.15, -0.1) is 8.78 Å². The molecule has 1 aliphatic rings. The maximum Gasteiger partial charge on any atom is 0.586 e. The van der Waals surface area contributed by atoms with E-state index in [9.17, 15) is 13.6 Å². The second-order valence-corrected chi connectivity index (χ2v) is 5.39. The number of alkyl halides is 2. The van der Waals surface area contributed by atoms with Gasteiger partial charge in [-0.1, -0.05) is 13.3 Å². The highest BCUT2D eigenvalue weighted by molar-refractivity contribution is 7.99. The van der Waals surface area contributed by atoms with E-state index in [4.69, 9.17) is 0 Å². The van der Waals surface area contributed by atoms with Crippen molar-refractivity contribution in [2.24, 2.45) is 0 Å². The Labute approximate surface area is 119 Å². The predicted octanol–water partition coefficient (Wildman–Crippen LogP) is 3.48. The van der Waals surface area contributed by atoms with E-state index in [1.807, 2.05) is 0 Å². The van der Waals surface area contributed by atoms with Crippen LogP contribution in [0, 0.1) is 0 Å². The molecule has 1 amide bonds. The summed E-state index contributed by atoms with van der Waals surface area (Å²) in [4.78, 5) is 11.7. The van der Waals surface area contributed by atoms with Gasteiger partial charge >= 0.3 is 6.29 Å². The van der Waals surface area contributed by atoms with Crippen LogP contribution in [0.4, 0.5) is 14.5 Å². The summed E-state index contributed by atoms with van der Waals surface area (Å²) in [6.07, 6.45) is -1.48. The molecule has 0 fully saturated rings. The molecular weight excluding hydrogens is 288 g/mol. The van der Waals surface area contributed by atoms with Crippen LogP contribution in [0.1, 0.15) is 19.8 Å². The number of rotatable bonds is 6. The fraction of sp³-hybridized carbons (Fsp3) is 0.462. The second kappa shape index (κ2) is 6.30. The van der Waals surface area contributed by atoms with Crippen LogP contribution < -0.4 is 14.8 Å². The minimum atomic E-state index is -3.64. The number of nitrogens with one attached hydrogen (secondary N) is 1. The fourth-order valence-electron chi connectivity index (χ4n) is 1.64. The smallest absolute Gasteiger partial charge is 0.395 e. The molecule has 1 N–H and O–H groups in total. The molecule has 0 bridgehead atoms. The van der Waals surface area contributed by atoms with Gasteiger partial charge in [0.2, 0.25) is 5.91 Å². The maximum atomic E-state index is 12.8. The number of fused-ring (bicyclic) bond motifs is 1. The third kappa shape index (κ3) is 4.00. The summed E-state index contributed by atoms with van der Waals surface area (Å²) in [5.74, 6) is 0.982. The van der Waals surface area contributed by atoms with Gasteiger partial charge in [-0.25, -0.2) is 0 Å². The third-order valence-electron chi connectivity index (χ3n) is 2.56. The SMILES string of the molecule is CCCCSCC(=O)Nc1ccc2c(c1)OC(F)(F)O2. The van der Waals surface area contributed by atoms with Crippen LogP contribution in [0.3, 0.4) is 0 Å². The Hall–Kier alpha value is -1.50. The average Bonchev–Trinajstić information content (AvgIpc) is 2.68. The first kappa shape index (κ1) is 14.9. The van der Waals surface area contributed by atoms with Gasteiger partial charge < -0.3 is 14.8 Å². The van der Waals surface area contributed by atoms with Gasteiger partial charge in [0.25, 0.3) is 0 Å². The number of ether oxygens (including phenoxy) is 2. The van der Waals surface area contributed by atoms with Crippen molar-refractivity contribution in [2.45, 2.75) is 26.1 Å². The Bertz CT molecular complexity index is 497. The highest BCUT2D eigenvalue weighted by Gasteiger charge is 2.43. The zero-order valence-electron chi connectivity index (χ0n) is 10.9. The summed E-state index contributed by atoms with van der Waals surface area (Å²) in [6, 6.07) is 4.17. The van der Waals surface area contributed by atoms with Crippen molar-refractivity contribution in [3.8, 4) is 11.5 Å². The van der Waals surface area contributed by atoms with Crippen LogP contribution in [-0.4, -0.2) is 23.7 Å².